The van der Waals surface area contributed by atoms with Crippen molar-refractivity contribution in [1.29, 1.82) is 0 Å². The highest BCUT2D eigenvalue weighted by molar-refractivity contribution is 6.15. The predicted octanol–water partition coefficient (Wildman–Crippen LogP) is 4.10. The van der Waals surface area contributed by atoms with E-state index in [-0.39, 0.29) is 29.2 Å². The van der Waals surface area contributed by atoms with E-state index in [0.717, 1.165) is 24.9 Å². The van der Waals surface area contributed by atoms with Gasteiger partial charge in [0.25, 0.3) is 0 Å². The number of benzene rings is 2. The van der Waals surface area contributed by atoms with Gasteiger partial charge in [0.15, 0.2) is 5.76 Å². The summed E-state index contributed by atoms with van der Waals surface area (Å²) in [6.07, 6.45) is 3.33. The third kappa shape index (κ3) is 4.73. The number of carbonyl (C=O) groups excluding carboxylic acids is 2. The smallest absolute Gasteiger partial charge is 0.310 e. The van der Waals surface area contributed by atoms with Gasteiger partial charge in [0, 0.05) is 13.1 Å². The van der Waals surface area contributed by atoms with Gasteiger partial charge in [-0.1, -0.05) is 12.1 Å². The number of carbonyl (C=O) groups is 2. The second kappa shape index (κ2) is 9.67. The maximum Gasteiger partial charge on any atom is 0.310 e. The zero-order valence-electron chi connectivity index (χ0n) is 19.2. The normalized spacial score (nSPS) is 19.3. The average molecular weight is 452 g/mol. The van der Waals surface area contributed by atoms with Crippen molar-refractivity contribution in [2.45, 2.75) is 33.2 Å². The number of likely N-dealkylation sites (tertiary alicyclic amines) is 1. The molecule has 1 fully saturated rings. The molecule has 2 heterocycles. The van der Waals surface area contributed by atoms with Crippen molar-refractivity contribution in [1.82, 2.24) is 4.90 Å². The van der Waals surface area contributed by atoms with Crippen molar-refractivity contribution in [3.05, 3.63) is 58.3 Å². The first-order chi connectivity index (χ1) is 15.9. The Morgan fingerprint density at radius 1 is 1.33 bits per heavy atom. The topological polar surface area (TPSA) is 85.3 Å². The van der Waals surface area contributed by atoms with E-state index >= 15 is 0 Å². The Morgan fingerprint density at radius 2 is 2.15 bits per heavy atom. The quantitative estimate of drug-likeness (QED) is 0.523. The number of Topliss-reactive ketones (excluding diaryl/α,β-unsaturated/α-hetero) is 1. The van der Waals surface area contributed by atoms with Crippen LogP contribution in [0.2, 0.25) is 0 Å². The molecule has 1 saturated heterocycles. The molecule has 2 aliphatic heterocycles. The Labute approximate surface area is 193 Å². The standard InChI is InChI=1S/C26H29NO6/c1-4-32-26(30)18-8-6-10-27(14-18)15-20-21(28)11-16(2)23-24(29)22(33-25(20)23)13-17-7-5-9-19(12-17)31-3/h5,7,9,11-13,18,28H,4,6,8,10,14-15H2,1-3H3/b22-13-. The van der Waals surface area contributed by atoms with Gasteiger partial charge in [-0.15, -0.1) is 0 Å². The number of allylic oxidation sites excluding steroid dienone is 1. The number of esters is 1. The summed E-state index contributed by atoms with van der Waals surface area (Å²) < 4.78 is 16.5. The highest BCUT2D eigenvalue weighted by Crippen LogP contribution is 2.42. The van der Waals surface area contributed by atoms with E-state index in [0.29, 0.717) is 47.9 Å². The second-order valence-corrected chi connectivity index (χ2v) is 8.44. The van der Waals surface area contributed by atoms with E-state index in [1.807, 2.05) is 24.3 Å². The average Bonchev–Trinajstić information content (AvgIpc) is 3.13. The monoisotopic (exact) mass is 451 g/mol. The molecule has 33 heavy (non-hydrogen) atoms. The first kappa shape index (κ1) is 22.9. The van der Waals surface area contributed by atoms with Crippen LogP contribution in [0.5, 0.6) is 17.2 Å². The van der Waals surface area contributed by atoms with Crippen LogP contribution in [0.25, 0.3) is 6.08 Å². The Morgan fingerprint density at radius 3 is 2.91 bits per heavy atom. The molecule has 0 aromatic heterocycles. The van der Waals surface area contributed by atoms with Crippen LogP contribution in [0.15, 0.2) is 36.1 Å². The molecule has 0 spiro atoms. The van der Waals surface area contributed by atoms with Gasteiger partial charge in [0.1, 0.15) is 17.2 Å². The molecular weight excluding hydrogens is 422 g/mol. The predicted molar refractivity (Wildman–Crippen MR) is 123 cm³/mol. The summed E-state index contributed by atoms with van der Waals surface area (Å²) in [5, 5.41) is 10.7. The number of fused-ring (bicyclic) bond motifs is 1. The molecule has 4 rings (SSSR count). The maximum atomic E-state index is 13.2. The zero-order chi connectivity index (χ0) is 23.5. The number of ketones is 1. The number of aromatic hydroxyl groups is 1. The van der Waals surface area contributed by atoms with E-state index in [9.17, 15) is 14.7 Å². The molecule has 0 aliphatic carbocycles. The summed E-state index contributed by atoms with van der Waals surface area (Å²) in [7, 11) is 1.59. The minimum atomic E-state index is -0.213. The van der Waals surface area contributed by atoms with Crippen molar-refractivity contribution in [2.75, 3.05) is 26.8 Å². The number of hydrogen-bond donors (Lipinski definition) is 1. The number of ether oxygens (including phenoxy) is 3. The molecule has 1 N–H and O–H groups in total. The molecule has 2 aliphatic rings. The molecule has 0 amide bonds. The first-order valence-electron chi connectivity index (χ1n) is 11.2. The lowest BCUT2D eigenvalue weighted by atomic mass is 9.96. The number of piperidine rings is 1. The van der Waals surface area contributed by atoms with Crippen LogP contribution in [0.4, 0.5) is 0 Å². The lowest BCUT2D eigenvalue weighted by Crippen LogP contribution is -2.39. The maximum absolute atomic E-state index is 13.2. The van der Waals surface area contributed by atoms with E-state index in [2.05, 4.69) is 4.90 Å². The Balaban J connectivity index is 1.61. The van der Waals surface area contributed by atoms with E-state index in [4.69, 9.17) is 14.2 Å². The van der Waals surface area contributed by atoms with Crippen LogP contribution in [-0.4, -0.2) is 48.6 Å². The summed E-state index contributed by atoms with van der Waals surface area (Å²) in [5.41, 5.74) is 2.47. The SMILES string of the molecule is CCOC(=O)C1CCCN(Cc2c(O)cc(C)c3c2O/C(=C\c2cccc(OC)c2)C3=O)C1. The fourth-order valence-corrected chi connectivity index (χ4v) is 4.49. The van der Waals surface area contributed by atoms with Crippen molar-refractivity contribution < 1.29 is 28.9 Å². The minimum Gasteiger partial charge on any atom is -0.507 e. The largest absolute Gasteiger partial charge is 0.507 e. The molecule has 7 nitrogen and oxygen atoms in total. The molecule has 174 valence electrons. The van der Waals surface area contributed by atoms with Gasteiger partial charge in [-0.05, 0) is 68.6 Å². The first-order valence-corrected chi connectivity index (χ1v) is 11.2. The molecular formula is C26H29NO6. The Bertz CT molecular complexity index is 1110. The number of nitrogens with zero attached hydrogens (tertiary/aromatic N) is 1. The van der Waals surface area contributed by atoms with Crippen molar-refractivity contribution in [2.24, 2.45) is 5.92 Å². The van der Waals surface area contributed by atoms with Crippen LogP contribution < -0.4 is 9.47 Å². The van der Waals surface area contributed by atoms with Gasteiger partial charge >= 0.3 is 5.97 Å². The summed E-state index contributed by atoms with van der Waals surface area (Å²) in [5.74, 6) is 0.777. The second-order valence-electron chi connectivity index (χ2n) is 8.44. The summed E-state index contributed by atoms with van der Waals surface area (Å²) in [6, 6.07) is 8.97. The van der Waals surface area contributed by atoms with Crippen LogP contribution in [0, 0.1) is 12.8 Å². The van der Waals surface area contributed by atoms with E-state index in [1.165, 1.54) is 0 Å². The number of phenolic OH excluding ortho intramolecular Hbond substituents is 1. The van der Waals surface area contributed by atoms with Crippen LogP contribution >= 0.6 is 0 Å². The molecule has 2 aromatic rings. The third-order valence-corrected chi connectivity index (χ3v) is 6.12. The van der Waals surface area contributed by atoms with E-state index in [1.54, 1.807) is 33.1 Å². The zero-order valence-corrected chi connectivity index (χ0v) is 19.2. The van der Waals surface area contributed by atoms with Gasteiger partial charge in [-0.25, -0.2) is 0 Å². The molecule has 0 saturated carbocycles. The Hall–Kier alpha value is -3.32. The molecule has 1 unspecified atom stereocenters. The highest BCUT2D eigenvalue weighted by Gasteiger charge is 2.35. The van der Waals surface area contributed by atoms with Crippen LogP contribution in [0.1, 0.15) is 46.8 Å². The summed E-state index contributed by atoms with van der Waals surface area (Å²) in [6.45, 7) is 5.66. The number of phenols is 1. The number of aryl methyl sites for hydroxylation is 1. The van der Waals surface area contributed by atoms with Gasteiger partial charge in [0.05, 0.1) is 30.8 Å². The van der Waals surface area contributed by atoms with Crippen molar-refractivity contribution in [3.8, 4) is 17.2 Å². The van der Waals surface area contributed by atoms with Gasteiger partial charge in [0.2, 0.25) is 5.78 Å². The fraction of sp³-hybridized carbons (Fsp3) is 0.385. The molecule has 2 aromatic carbocycles. The fourth-order valence-electron chi connectivity index (χ4n) is 4.49. The van der Waals surface area contributed by atoms with Crippen molar-refractivity contribution in [3.63, 3.8) is 0 Å². The number of hydrogen-bond acceptors (Lipinski definition) is 7. The lowest BCUT2D eigenvalue weighted by molar-refractivity contribution is -0.150. The lowest BCUT2D eigenvalue weighted by Gasteiger charge is -2.31. The third-order valence-electron chi connectivity index (χ3n) is 6.12. The minimum absolute atomic E-state index is 0.0833. The highest BCUT2D eigenvalue weighted by atomic mass is 16.5. The van der Waals surface area contributed by atoms with Gasteiger partial charge < -0.3 is 19.3 Å². The van der Waals surface area contributed by atoms with E-state index < -0.39 is 0 Å². The Kier molecular flexibility index (Phi) is 6.70. The molecule has 1 atom stereocenters. The number of rotatable bonds is 6. The van der Waals surface area contributed by atoms with Crippen LogP contribution in [0.3, 0.4) is 0 Å². The summed E-state index contributed by atoms with van der Waals surface area (Å²) >= 11 is 0. The molecule has 7 heteroatoms. The van der Waals surface area contributed by atoms with Gasteiger partial charge in [-0.2, -0.15) is 0 Å². The molecule has 0 radical (unpaired) electrons. The number of methoxy groups -OCH3 is 1. The van der Waals surface area contributed by atoms with Crippen molar-refractivity contribution >= 4 is 17.8 Å². The van der Waals surface area contributed by atoms with Gasteiger partial charge in [-0.3, -0.25) is 14.5 Å². The summed E-state index contributed by atoms with van der Waals surface area (Å²) in [4.78, 5) is 27.5. The molecule has 0 bridgehead atoms. The van der Waals surface area contributed by atoms with Crippen LogP contribution in [-0.2, 0) is 16.1 Å².